The summed E-state index contributed by atoms with van der Waals surface area (Å²) in [4.78, 5) is 26.0. The molecule has 0 bridgehead atoms. The molecule has 2 heterocycles. The van der Waals surface area contributed by atoms with E-state index in [0.29, 0.717) is 9.75 Å². The molecule has 4 rings (SSSR count). The van der Waals surface area contributed by atoms with Crippen molar-refractivity contribution in [3.8, 4) is 0 Å². The van der Waals surface area contributed by atoms with Crippen molar-refractivity contribution in [2.24, 2.45) is 0 Å². The van der Waals surface area contributed by atoms with Crippen molar-refractivity contribution in [3.63, 3.8) is 0 Å². The number of fused-ring (bicyclic) bond motifs is 1. The SMILES string of the molecule is O=C(Nc1ccccc1)c1cc2cc(C(=O)Nc3ccccc3)sc2s1. The Morgan fingerprint density at radius 2 is 1.08 bits per heavy atom. The van der Waals surface area contributed by atoms with E-state index in [2.05, 4.69) is 10.6 Å². The Kier molecular flexibility index (Phi) is 4.51. The van der Waals surface area contributed by atoms with Crippen LogP contribution >= 0.6 is 22.7 Å². The van der Waals surface area contributed by atoms with Gasteiger partial charge in [-0.3, -0.25) is 9.59 Å². The second-order valence-electron chi connectivity index (χ2n) is 5.60. The number of thiophene rings is 2. The lowest BCUT2D eigenvalue weighted by Crippen LogP contribution is -2.10. The zero-order chi connectivity index (χ0) is 17.9. The number of nitrogens with one attached hydrogen (secondary N) is 2. The molecule has 4 aromatic rings. The quantitative estimate of drug-likeness (QED) is 0.495. The van der Waals surface area contributed by atoms with Gasteiger partial charge in [0.2, 0.25) is 0 Å². The highest BCUT2D eigenvalue weighted by Crippen LogP contribution is 2.34. The predicted octanol–water partition coefficient (Wildman–Crippen LogP) is 5.47. The summed E-state index contributed by atoms with van der Waals surface area (Å²) in [5.41, 5.74) is 1.52. The highest BCUT2D eigenvalue weighted by atomic mass is 32.2. The van der Waals surface area contributed by atoms with Gasteiger partial charge in [0.05, 0.1) is 13.8 Å². The predicted molar refractivity (Wildman–Crippen MR) is 108 cm³/mol. The van der Waals surface area contributed by atoms with Crippen LogP contribution in [-0.4, -0.2) is 11.8 Å². The molecule has 0 spiro atoms. The molecule has 0 saturated heterocycles. The molecule has 0 aliphatic rings. The summed E-state index contributed by atoms with van der Waals surface area (Å²) < 4.78 is 0.960. The van der Waals surface area contributed by atoms with Crippen molar-refractivity contribution in [1.82, 2.24) is 0 Å². The first-order chi connectivity index (χ1) is 12.7. The van der Waals surface area contributed by atoms with E-state index in [1.54, 1.807) is 0 Å². The first-order valence-electron chi connectivity index (χ1n) is 7.95. The van der Waals surface area contributed by atoms with E-state index in [-0.39, 0.29) is 11.8 Å². The lowest BCUT2D eigenvalue weighted by Gasteiger charge is -2.02. The lowest BCUT2D eigenvalue weighted by molar-refractivity contribution is 0.102. The third-order valence-corrected chi connectivity index (χ3v) is 6.11. The number of anilines is 2. The number of rotatable bonds is 4. The molecule has 128 valence electrons. The smallest absolute Gasteiger partial charge is 0.265 e. The van der Waals surface area contributed by atoms with Gasteiger partial charge in [-0.05, 0) is 36.4 Å². The fraction of sp³-hybridized carbons (Fsp3) is 0. The van der Waals surface area contributed by atoms with E-state index >= 15 is 0 Å². The standard InChI is InChI=1S/C20H14N2O2S2/c23-18(21-14-7-3-1-4-8-14)16-11-13-12-17(26-20(13)25-16)19(24)22-15-9-5-2-6-10-15/h1-12H,(H,21,23)(H,22,24). The van der Waals surface area contributed by atoms with Gasteiger partial charge in [0.1, 0.15) is 0 Å². The number of para-hydroxylation sites is 2. The van der Waals surface area contributed by atoms with E-state index < -0.39 is 0 Å². The maximum absolute atomic E-state index is 12.4. The highest BCUT2D eigenvalue weighted by Gasteiger charge is 2.16. The second kappa shape index (κ2) is 7.11. The fourth-order valence-corrected chi connectivity index (χ4v) is 4.73. The van der Waals surface area contributed by atoms with Gasteiger partial charge in [-0.25, -0.2) is 0 Å². The van der Waals surface area contributed by atoms with Gasteiger partial charge in [0, 0.05) is 16.8 Å². The second-order valence-corrected chi connectivity index (χ2v) is 7.97. The Morgan fingerprint density at radius 3 is 1.46 bits per heavy atom. The highest BCUT2D eigenvalue weighted by molar-refractivity contribution is 7.39. The van der Waals surface area contributed by atoms with Crippen LogP contribution in [0.1, 0.15) is 19.3 Å². The molecule has 0 unspecified atom stereocenters. The molecule has 0 aliphatic carbocycles. The first-order valence-corrected chi connectivity index (χ1v) is 9.58. The average molecular weight is 378 g/mol. The number of hydrogen-bond donors (Lipinski definition) is 2. The molecule has 0 aliphatic heterocycles. The Bertz CT molecular complexity index is 955. The van der Waals surface area contributed by atoms with Crippen molar-refractivity contribution in [1.29, 1.82) is 0 Å². The van der Waals surface area contributed by atoms with E-state index in [9.17, 15) is 9.59 Å². The number of carbonyl (C=O) groups is 2. The van der Waals surface area contributed by atoms with Crippen LogP contribution in [0, 0.1) is 0 Å². The number of hydrogen-bond acceptors (Lipinski definition) is 4. The number of benzene rings is 2. The van der Waals surface area contributed by atoms with Gasteiger partial charge in [-0.15, -0.1) is 22.7 Å². The summed E-state index contributed by atoms with van der Waals surface area (Å²) in [5, 5.41) is 6.67. The van der Waals surface area contributed by atoms with E-state index in [1.807, 2.05) is 72.8 Å². The van der Waals surface area contributed by atoms with Crippen LogP contribution in [0.25, 0.3) is 9.40 Å². The molecule has 6 heteroatoms. The normalized spacial score (nSPS) is 10.6. The van der Waals surface area contributed by atoms with Crippen LogP contribution in [0.4, 0.5) is 11.4 Å². The van der Waals surface area contributed by atoms with Crippen molar-refractivity contribution < 1.29 is 9.59 Å². The molecule has 2 amide bonds. The summed E-state index contributed by atoms with van der Waals surface area (Å²) in [6.07, 6.45) is 0. The third kappa shape index (κ3) is 3.51. The summed E-state index contributed by atoms with van der Waals surface area (Å²) >= 11 is 2.79. The van der Waals surface area contributed by atoms with Crippen LogP contribution in [0.3, 0.4) is 0 Å². The van der Waals surface area contributed by atoms with E-state index in [0.717, 1.165) is 20.8 Å². The van der Waals surface area contributed by atoms with Crippen molar-refractivity contribution >= 4 is 55.3 Å². The van der Waals surface area contributed by atoms with Crippen LogP contribution in [0.5, 0.6) is 0 Å². The number of amides is 2. The minimum atomic E-state index is -0.139. The largest absolute Gasteiger partial charge is 0.321 e. The molecule has 2 aromatic carbocycles. The Balaban J connectivity index is 1.50. The average Bonchev–Trinajstić information content (AvgIpc) is 3.23. The molecule has 0 radical (unpaired) electrons. The molecule has 4 nitrogen and oxygen atoms in total. The summed E-state index contributed by atoms with van der Waals surface area (Å²) in [5.74, 6) is -0.278. The van der Waals surface area contributed by atoms with Crippen LogP contribution < -0.4 is 10.6 Å². The fourth-order valence-electron chi connectivity index (χ4n) is 2.49. The van der Waals surface area contributed by atoms with E-state index in [4.69, 9.17) is 0 Å². The minimum Gasteiger partial charge on any atom is -0.321 e. The Labute approximate surface area is 158 Å². The molecule has 0 atom stereocenters. The van der Waals surface area contributed by atoms with Crippen molar-refractivity contribution in [2.75, 3.05) is 10.6 Å². The third-order valence-electron chi connectivity index (χ3n) is 3.73. The van der Waals surface area contributed by atoms with Crippen molar-refractivity contribution in [2.45, 2.75) is 0 Å². The maximum atomic E-state index is 12.4. The van der Waals surface area contributed by atoms with Gasteiger partial charge in [-0.2, -0.15) is 0 Å². The van der Waals surface area contributed by atoms with Gasteiger partial charge in [0.25, 0.3) is 11.8 Å². The zero-order valence-corrected chi connectivity index (χ0v) is 15.2. The van der Waals surface area contributed by atoms with Gasteiger partial charge in [0.15, 0.2) is 0 Å². The molecule has 0 fully saturated rings. The first kappa shape index (κ1) is 16.5. The van der Waals surface area contributed by atoms with Crippen LogP contribution in [0.2, 0.25) is 0 Å². The monoisotopic (exact) mass is 378 g/mol. The van der Waals surface area contributed by atoms with Crippen LogP contribution in [0.15, 0.2) is 72.8 Å². The molecule has 0 saturated carbocycles. The van der Waals surface area contributed by atoms with Gasteiger partial charge >= 0.3 is 0 Å². The molecule has 2 aromatic heterocycles. The molecule has 26 heavy (non-hydrogen) atoms. The Morgan fingerprint density at radius 1 is 0.654 bits per heavy atom. The summed E-state index contributed by atoms with van der Waals surface area (Å²) in [6, 6.07) is 22.3. The lowest BCUT2D eigenvalue weighted by atomic mass is 10.3. The zero-order valence-electron chi connectivity index (χ0n) is 13.6. The van der Waals surface area contributed by atoms with Crippen LogP contribution in [-0.2, 0) is 0 Å². The number of carbonyl (C=O) groups excluding carboxylic acids is 2. The molecular formula is C20H14N2O2S2. The summed E-state index contributed by atoms with van der Waals surface area (Å²) in [7, 11) is 0. The van der Waals surface area contributed by atoms with Crippen molar-refractivity contribution in [3.05, 3.63) is 82.6 Å². The maximum Gasteiger partial charge on any atom is 0.265 e. The van der Waals surface area contributed by atoms with E-state index in [1.165, 1.54) is 22.7 Å². The van der Waals surface area contributed by atoms with Gasteiger partial charge in [-0.1, -0.05) is 36.4 Å². The van der Waals surface area contributed by atoms with Gasteiger partial charge < -0.3 is 10.6 Å². The topological polar surface area (TPSA) is 58.2 Å². The minimum absolute atomic E-state index is 0.139. The Hall–Kier alpha value is -2.96. The molecular weight excluding hydrogens is 364 g/mol. The summed E-state index contributed by atoms with van der Waals surface area (Å²) in [6.45, 7) is 0. The molecule has 2 N–H and O–H groups in total.